The number of fused-ring (bicyclic) bond motifs is 2. The predicted molar refractivity (Wildman–Crippen MR) is 93.5 cm³/mol. The van der Waals surface area contributed by atoms with Crippen molar-refractivity contribution in [3.8, 4) is 5.75 Å². The van der Waals surface area contributed by atoms with Crippen molar-refractivity contribution in [1.82, 2.24) is 4.90 Å². The van der Waals surface area contributed by atoms with Gasteiger partial charge in [-0.3, -0.25) is 0 Å². The van der Waals surface area contributed by atoms with Gasteiger partial charge in [-0.2, -0.15) is 0 Å². The van der Waals surface area contributed by atoms with Crippen LogP contribution in [-0.2, 0) is 0 Å². The van der Waals surface area contributed by atoms with Gasteiger partial charge in [0.05, 0.1) is 7.11 Å². The van der Waals surface area contributed by atoms with E-state index in [4.69, 9.17) is 4.74 Å². The lowest BCUT2D eigenvalue weighted by molar-refractivity contribution is 0.110. The summed E-state index contributed by atoms with van der Waals surface area (Å²) < 4.78 is 6.75. The van der Waals surface area contributed by atoms with Gasteiger partial charge in [-0.05, 0) is 86.7 Å². The summed E-state index contributed by atoms with van der Waals surface area (Å²) in [4.78, 5) is 2.81. The van der Waals surface area contributed by atoms with E-state index in [1.54, 1.807) is 7.11 Å². The highest BCUT2D eigenvalue weighted by Crippen LogP contribution is 2.48. The van der Waals surface area contributed by atoms with E-state index in [-0.39, 0.29) is 0 Å². The Hall–Kier alpha value is -0.540. The van der Waals surface area contributed by atoms with E-state index < -0.39 is 0 Å². The Kier molecular flexibility index (Phi) is 4.21. The Morgan fingerprint density at radius 1 is 1.09 bits per heavy atom. The lowest BCUT2D eigenvalue weighted by Crippen LogP contribution is -2.43. The molecule has 22 heavy (non-hydrogen) atoms. The quantitative estimate of drug-likeness (QED) is 0.762. The van der Waals surface area contributed by atoms with Gasteiger partial charge in [0, 0.05) is 10.5 Å². The predicted octanol–water partition coefficient (Wildman–Crippen LogP) is 4.83. The summed E-state index contributed by atoms with van der Waals surface area (Å²) in [7, 11) is 1.79. The van der Waals surface area contributed by atoms with E-state index in [9.17, 15) is 0 Å². The molecule has 3 fully saturated rings. The van der Waals surface area contributed by atoms with Crippen molar-refractivity contribution in [3.63, 3.8) is 0 Å². The van der Waals surface area contributed by atoms with Crippen molar-refractivity contribution in [2.75, 3.05) is 20.2 Å². The first kappa shape index (κ1) is 15.0. The third-order valence-corrected chi connectivity index (χ3v) is 6.82. The number of methoxy groups -OCH3 is 1. The number of nitrogens with zero attached hydrogens (tertiary/aromatic N) is 1. The largest absolute Gasteiger partial charge is 0.496 e. The van der Waals surface area contributed by atoms with E-state index in [0.29, 0.717) is 5.92 Å². The average Bonchev–Trinajstić information content (AvgIpc) is 3.18. The van der Waals surface area contributed by atoms with Crippen LogP contribution in [0.3, 0.4) is 0 Å². The second-order valence-electron chi connectivity index (χ2n) is 7.44. The number of halogens is 1. The summed E-state index contributed by atoms with van der Waals surface area (Å²) in [5.74, 6) is 3.78. The lowest BCUT2D eigenvalue weighted by atomic mass is 9.86. The van der Waals surface area contributed by atoms with Gasteiger partial charge in [0.1, 0.15) is 5.75 Å². The molecule has 3 heteroatoms. The first-order valence-electron chi connectivity index (χ1n) is 8.82. The van der Waals surface area contributed by atoms with Crippen molar-refractivity contribution in [3.05, 3.63) is 28.2 Å². The SMILES string of the molecule is COc1ccc(Br)cc1C1CCN(C2CC3CCC2C3)CC1. The van der Waals surface area contributed by atoms with Crippen molar-refractivity contribution < 1.29 is 4.74 Å². The molecule has 2 saturated carbocycles. The normalized spacial score (nSPS) is 32.5. The highest BCUT2D eigenvalue weighted by molar-refractivity contribution is 9.10. The van der Waals surface area contributed by atoms with Gasteiger partial charge in [-0.15, -0.1) is 0 Å². The maximum Gasteiger partial charge on any atom is 0.122 e. The summed E-state index contributed by atoms with van der Waals surface area (Å²) in [6.45, 7) is 2.54. The zero-order chi connectivity index (χ0) is 15.1. The van der Waals surface area contributed by atoms with Crippen molar-refractivity contribution in [2.45, 2.75) is 50.5 Å². The highest BCUT2D eigenvalue weighted by atomic mass is 79.9. The highest BCUT2D eigenvalue weighted by Gasteiger charge is 2.42. The van der Waals surface area contributed by atoms with Crippen LogP contribution in [0.25, 0.3) is 0 Å². The third kappa shape index (κ3) is 2.71. The summed E-state index contributed by atoms with van der Waals surface area (Å²) in [6.07, 6.45) is 8.56. The summed E-state index contributed by atoms with van der Waals surface area (Å²) in [5, 5.41) is 0. The molecule has 2 bridgehead atoms. The first-order chi connectivity index (χ1) is 10.7. The molecule has 3 atom stereocenters. The van der Waals surface area contributed by atoms with Gasteiger partial charge in [0.2, 0.25) is 0 Å². The van der Waals surface area contributed by atoms with Crippen LogP contribution in [0.4, 0.5) is 0 Å². The molecule has 0 radical (unpaired) electrons. The Labute approximate surface area is 142 Å². The molecule has 2 aliphatic carbocycles. The summed E-state index contributed by atoms with van der Waals surface area (Å²) in [5.41, 5.74) is 1.39. The molecule has 3 aliphatic rings. The number of benzene rings is 1. The fourth-order valence-corrected chi connectivity index (χ4v) is 5.60. The molecule has 3 unspecified atom stereocenters. The van der Waals surface area contributed by atoms with Gasteiger partial charge in [-0.1, -0.05) is 22.4 Å². The monoisotopic (exact) mass is 363 g/mol. The summed E-state index contributed by atoms with van der Waals surface area (Å²) in [6, 6.07) is 7.34. The van der Waals surface area contributed by atoms with E-state index in [2.05, 4.69) is 39.0 Å². The molecular formula is C19H26BrNO. The maximum atomic E-state index is 5.59. The topological polar surface area (TPSA) is 12.5 Å². The van der Waals surface area contributed by atoms with Gasteiger partial charge < -0.3 is 9.64 Å². The Morgan fingerprint density at radius 2 is 1.91 bits per heavy atom. The van der Waals surface area contributed by atoms with Crippen LogP contribution >= 0.6 is 15.9 Å². The minimum absolute atomic E-state index is 0.655. The zero-order valence-corrected chi connectivity index (χ0v) is 15.0. The number of hydrogen-bond acceptors (Lipinski definition) is 2. The van der Waals surface area contributed by atoms with Crippen LogP contribution < -0.4 is 4.74 Å². The molecule has 1 aromatic carbocycles. The van der Waals surface area contributed by atoms with E-state index in [1.807, 2.05) is 0 Å². The Bertz CT molecular complexity index is 538. The molecule has 0 spiro atoms. The van der Waals surface area contributed by atoms with Crippen LogP contribution in [0.5, 0.6) is 5.75 Å². The number of hydrogen-bond donors (Lipinski definition) is 0. The van der Waals surface area contributed by atoms with Crippen LogP contribution in [-0.4, -0.2) is 31.1 Å². The lowest BCUT2D eigenvalue weighted by Gasteiger charge is -2.40. The minimum Gasteiger partial charge on any atom is -0.496 e. The van der Waals surface area contributed by atoms with Gasteiger partial charge in [0.25, 0.3) is 0 Å². The van der Waals surface area contributed by atoms with Crippen molar-refractivity contribution >= 4 is 15.9 Å². The molecule has 4 rings (SSSR count). The van der Waals surface area contributed by atoms with Gasteiger partial charge in [-0.25, -0.2) is 0 Å². The molecule has 0 N–H and O–H groups in total. The van der Waals surface area contributed by atoms with Gasteiger partial charge in [0.15, 0.2) is 0 Å². The average molecular weight is 364 g/mol. The minimum atomic E-state index is 0.655. The van der Waals surface area contributed by atoms with Crippen molar-refractivity contribution in [1.29, 1.82) is 0 Å². The molecule has 120 valence electrons. The number of ether oxygens (including phenoxy) is 1. The van der Waals surface area contributed by atoms with Gasteiger partial charge >= 0.3 is 0 Å². The van der Waals surface area contributed by atoms with Crippen LogP contribution in [0.15, 0.2) is 22.7 Å². The second-order valence-corrected chi connectivity index (χ2v) is 8.35. The molecule has 1 aliphatic heterocycles. The molecule has 1 aromatic rings. The molecule has 0 aromatic heterocycles. The fourth-order valence-electron chi connectivity index (χ4n) is 5.22. The molecule has 2 nitrogen and oxygen atoms in total. The molecular weight excluding hydrogens is 338 g/mol. The number of piperidine rings is 1. The Morgan fingerprint density at radius 3 is 2.55 bits per heavy atom. The van der Waals surface area contributed by atoms with Crippen LogP contribution in [0, 0.1) is 11.8 Å². The smallest absolute Gasteiger partial charge is 0.122 e. The standard InChI is InChI=1S/C19H26BrNO/c1-22-19-5-4-16(20)12-17(19)14-6-8-21(9-7-14)18-11-13-2-3-15(18)10-13/h4-5,12-15,18H,2-3,6-11H2,1H3. The maximum absolute atomic E-state index is 5.59. The van der Waals surface area contributed by atoms with Crippen LogP contribution in [0.1, 0.15) is 50.0 Å². The summed E-state index contributed by atoms with van der Waals surface area (Å²) >= 11 is 3.61. The fraction of sp³-hybridized carbons (Fsp3) is 0.684. The van der Waals surface area contributed by atoms with E-state index >= 15 is 0 Å². The number of likely N-dealkylation sites (tertiary alicyclic amines) is 1. The third-order valence-electron chi connectivity index (χ3n) is 6.33. The number of rotatable bonds is 3. The zero-order valence-electron chi connectivity index (χ0n) is 13.4. The first-order valence-corrected chi connectivity index (χ1v) is 9.61. The second kappa shape index (κ2) is 6.16. The van der Waals surface area contributed by atoms with E-state index in [0.717, 1.165) is 23.6 Å². The molecule has 1 saturated heterocycles. The van der Waals surface area contributed by atoms with Crippen LogP contribution in [0.2, 0.25) is 0 Å². The Balaban J connectivity index is 1.43. The van der Waals surface area contributed by atoms with Crippen molar-refractivity contribution in [2.24, 2.45) is 11.8 Å². The molecule has 1 heterocycles. The molecule has 0 amide bonds. The van der Waals surface area contributed by atoms with E-state index in [1.165, 1.54) is 61.7 Å².